The number of benzene rings is 4. The number of hydrogen-bond acceptors (Lipinski definition) is 6. The van der Waals surface area contributed by atoms with E-state index in [-0.39, 0.29) is 29.5 Å². The van der Waals surface area contributed by atoms with Gasteiger partial charge in [0.05, 0.1) is 28.9 Å². The Labute approximate surface area is 231 Å². The molecule has 1 heterocycles. The summed E-state index contributed by atoms with van der Waals surface area (Å²) < 4.78 is 39.7. The summed E-state index contributed by atoms with van der Waals surface area (Å²) >= 11 is 6.04. The van der Waals surface area contributed by atoms with Crippen LogP contribution in [-0.2, 0) is 16.6 Å². The van der Waals surface area contributed by atoms with Crippen LogP contribution in [0.3, 0.4) is 0 Å². The highest BCUT2D eigenvalue weighted by Crippen LogP contribution is 2.32. The number of rotatable bonds is 8. The molecule has 0 unspecified atom stereocenters. The fourth-order valence-electron chi connectivity index (χ4n) is 3.99. The molecule has 4 aromatic carbocycles. The quantitative estimate of drug-likeness (QED) is 0.225. The lowest BCUT2D eigenvalue weighted by Crippen LogP contribution is -2.33. The van der Waals surface area contributed by atoms with E-state index in [1.54, 1.807) is 91.0 Å². The lowest BCUT2D eigenvalue weighted by atomic mass is 10.1. The number of carbonyl (C=O) groups is 1. The zero-order valence-electron chi connectivity index (χ0n) is 20.9. The summed E-state index contributed by atoms with van der Waals surface area (Å²) in [6.07, 6.45) is 1.47. The second kappa shape index (κ2) is 11.2. The predicted molar refractivity (Wildman–Crippen MR) is 150 cm³/mol. The third-order valence-electron chi connectivity index (χ3n) is 6.04. The minimum absolute atomic E-state index is 0.0157. The van der Waals surface area contributed by atoms with Gasteiger partial charge in [0.1, 0.15) is 0 Å². The maximum atomic E-state index is 13.9. The highest BCUT2D eigenvalue weighted by molar-refractivity contribution is 7.92. The van der Waals surface area contributed by atoms with Crippen LogP contribution < -0.4 is 19.2 Å². The van der Waals surface area contributed by atoms with Crippen LogP contribution in [0.15, 0.2) is 101 Å². The molecule has 0 aliphatic carbocycles. The van der Waals surface area contributed by atoms with Crippen molar-refractivity contribution >= 4 is 39.4 Å². The molecule has 198 valence electrons. The highest BCUT2D eigenvalue weighted by Gasteiger charge is 2.28. The number of hydrazone groups is 1. The molecule has 1 aliphatic heterocycles. The molecule has 8 nitrogen and oxygen atoms in total. The van der Waals surface area contributed by atoms with E-state index in [2.05, 4.69) is 10.5 Å². The Bertz CT molecular complexity index is 1640. The monoisotopic (exact) mass is 561 g/mol. The molecule has 0 fully saturated rings. The number of para-hydroxylation sites is 1. The van der Waals surface area contributed by atoms with Crippen LogP contribution >= 0.6 is 11.6 Å². The number of amides is 1. The largest absolute Gasteiger partial charge is 0.454 e. The van der Waals surface area contributed by atoms with Crippen molar-refractivity contribution in [2.24, 2.45) is 5.10 Å². The first-order valence-corrected chi connectivity index (χ1v) is 13.8. The standard InChI is InChI=1S/C29H24ClN3O5S/c1-20-6-13-24(14-7-20)39(35,36)33(18-21-8-11-23(30)12-9-21)26-5-3-2-4-25(26)29(34)32-31-17-22-10-15-27-28(16-22)38-19-37-27/h2-17H,18-19H2,1H3,(H,32,34)/b31-17+. The Balaban J connectivity index is 1.46. The molecular weight excluding hydrogens is 538 g/mol. The predicted octanol–water partition coefficient (Wildman–Crippen LogP) is 5.54. The van der Waals surface area contributed by atoms with Gasteiger partial charge in [-0.05, 0) is 72.6 Å². The summed E-state index contributed by atoms with van der Waals surface area (Å²) in [6, 6.07) is 25.2. The van der Waals surface area contributed by atoms with Crippen LogP contribution in [-0.4, -0.2) is 27.3 Å². The van der Waals surface area contributed by atoms with Crippen molar-refractivity contribution in [3.05, 3.63) is 118 Å². The molecule has 0 radical (unpaired) electrons. The fourth-order valence-corrected chi connectivity index (χ4v) is 5.59. The van der Waals surface area contributed by atoms with E-state index in [0.717, 1.165) is 5.56 Å². The summed E-state index contributed by atoms with van der Waals surface area (Å²) in [6.45, 7) is 2.02. The van der Waals surface area contributed by atoms with Gasteiger partial charge in [-0.1, -0.05) is 53.6 Å². The smallest absolute Gasteiger partial charge is 0.273 e. The third kappa shape index (κ3) is 5.89. The van der Waals surface area contributed by atoms with Gasteiger partial charge in [-0.3, -0.25) is 9.10 Å². The Morgan fingerprint density at radius 3 is 2.46 bits per heavy atom. The molecule has 0 saturated carbocycles. The minimum atomic E-state index is -4.05. The van der Waals surface area contributed by atoms with Crippen LogP contribution in [0.25, 0.3) is 0 Å². The van der Waals surface area contributed by atoms with Gasteiger partial charge in [0.25, 0.3) is 15.9 Å². The molecule has 1 amide bonds. The van der Waals surface area contributed by atoms with Crippen molar-refractivity contribution in [2.75, 3.05) is 11.1 Å². The maximum Gasteiger partial charge on any atom is 0.273 e. The van der Waals surface area contributed by atoms with Crippen molar-refractivity contribution in [1.82, 2.24) is 5.43 Å². The van der Waals surface area contributed by atoms with E-state index >= 15 is 0 Å². The first-order valence-electron chi connectivity index (χ1n) is 12.0. The fraction of sp³-hybridized carbons (Fsp3) is 0.103. The molecule has 5 rings (SSSR count). The Hall–Kier alpha value is -4.34. The van der Waals surface area contributed by atoms with Crippen molar-refractivity contribution in [3.63, 3.8) is 0 Å². The van der Waals surface area contributed by atoms with Gasteiger partial charge < -0.3 is 9.47 Å². The molecular formula is C29H24ClN3O5S. The van der Waals surface area contributed by atoms with E-state index in [1.165, 1.54) is 10.5 Å². The average molecular weight is 562 g/mol. The molecule has 1 N–H and O–H groups in total. The first kappa shape index (κ1) is 26.3. The second-order valence-corrected chi connectivity index (χ2v) is 11.1. The van der Waals surface area contributed by atoms with Gasteiger partial charge in [-0.2, -0.15) is 5.10 Å². The summed E-state index contributed by atoms with van der Waals surface area (Å²) in [5.74, 6) is 0.665. The first-order chi connectivity index (χ1) is 18.8. The molecule has 39 heavy (non-hydrogen) atoms. The third-order valence-corrected chi connectivity index (χ3v) is 8.07. The van der Waals surface area contributed by atoms with E-state index < -0.39 is 15.9 Å². The average Bonchev–Trinajstić information content (AvgIpc) is 3.41. The van der Waals surface area contributed by atoms with Crippen LogP contribution in [0, 0.1) is 6.92 Å². The van der Waals surface area contributed by atoms with Gasteiger partial charge >= 0.3 is 0 Å². The van der Waals surface area contributed by atoms with Gasteiger partial charge in [-0.15, -0.1) is 0 Å². The number of nitrogens with zero attached hydrogens (tertiary/aromatic N) is 2. The summed E-state index contributed by atoms with van der Waals surface area (Å²) in [4.78, 5) is 13.4. The number of fused-ring (bicyclic) bond motifs is 1. The number of anilines is 1. The summed E-state index contributed by atoms with van der Waals surface area (Å²) in [5, 5.41) is 4.60. The topological polar surface area (TPSA) is 97.3 Å². The van der Waals surface area contributed by atoms with E-state index in [0.29, 0.717) is 27.6 Å². The number of halogens is 1. The molecule has 0 bridgehead atoms. The molecule has 10 heteroatoms. The number of ether oxygens (including phenoxy) is 2. The van der Waals surface area contributed by atoms with Gasteiger partial charge in [-0.25, -0.2) is 13.8 Å². The molecule has 0 aromatic heterocycles. The zero-order chi connectivity index (χ0) is 27.4. The number of carbonyl (C=O) groups excluding carboxylic acids is 1. The number of nitrogens with one attached hydrogen (secondary N) is 1. The van der Waals surface area contributed by atoms with E-state index in [4.69, 9.17) is 21.1 Å². The van der Waals surface area contributed by atoms with Gasteiger partial charge in [0.2, 0.25) is 6.79 Å². The SMILES string of the molecule is Cc1ccc(S(=O)(=O)N(Cc2ccc(Cl)cc2)c2ccccc2C(=O)N/N=C/c2ccc3c(c2)OCO3)cc1. The zero-order valence-corrected chi connectivity index (χ0v) is 22.4. The Morgan fingerprint density at radius 2 is 1.69 bits per heavy atom. The Morgan fingerprint density at radius 1 is 0.974 bits per heavy atom. The number of hydrogen-bond donors (Lipinski definition) is 1. The summed E-state index contributed by atoms with van der Waals surface area (Å²) in [5.41, 5.74) is 5.18. The van der Waals surface area contributed by atoms with Crippen molar-refractivity contribution < 1.29 is 22.7 Å². The van der Waals surface area contributed by atoms with Crippen molar-refractivity contribution in [1.29, 1.82) is 0 Å². The van der Waals surface area contributed by atoms with E-state index in [1.807, 2.05) is 6.92 Å². The lowest BCUT2D eigenvalue weighted by Gasteiger charge is -2.26. The second-order valence-electron chi connectivity index (χ2n) is 8.78. The number of sulfonamides is 1. The van der Waals surface area contributed by atoms with Crippen molar-refractivity contribution in [3.8, 4) is 11.5 Å². The lowest BCUT2D eigenvalue weighted by molar-refractivity contribution is 0.0955. The summed E-state index contributed by atoms with van der Waals surface area (Å²) in [7, 11) is -4.05. The van der Waals surface area contributed by atoms with Crippen LogP contribution in [0.2, 0.25) is 5.02 Å². The van der Waals surface area contributed by atoms with Crippen LogP contribution in [0.4, 0.5) is 5.69 Å². The Kier molecular flexibility index (Phi) is 7.53. The molecule has 4 aromatic rings. The molecule has 0 saturated heterocycles. The van der Waals surface area contributed by atoms with Gasteiger partial charge in [0, 0.05) is 5.02 Å². The van der Waals surface area contributed by atoms with Crippen molar-refractivity contribution in [2.45, 2.75) is 18.4 Å². The molecule has 1 aliphatic rings. The minimum Gasteiger partial charge on any atom is -0.454 e. The van der Waals surface area contributed by atoms with Crippen LogP contribution in [0.1, 0.15) is 27.0 Å². The molecule has 0 spiro atoms. The highest BCUT2D eigenvalue weighted by atomic mass is 35.5. The van der Waals surface area contributed by atoms with Gasteiger partial charge in [0.15, 0.2) is 11.5 Å². The number of aryl methyl sites for hydroxylation is 1. The normalized spacial score (nSPS) is 12.5. The van der Waals surface area contributed by atoms with Crippen LogP contribution in [0.5, 0.6) is 11.5 Å². The van der Waals surface area contributed by atoms with E-state index in [9.17, 15) is 13.2 Å². The molecule has 0 atom stereocenters. The maximum absolute atomic E-state index is 13.9.